The van der Waals surface area contributed by atoms with E-state index in [9.17, 15) is 4.79 Å². The minimum absolute atomic E-state index is 0.0605. The van der Waals surface area contributed by atoms with Crippen molar-refractivity contribution in [1.82, 2.24) is 15.2 Å². The summed E-state index contributed by atoms with van der Waals surface area (Å²) in [4.78, 5) is 12.9. The van der Waals surface area contributed by atoms with Crippen molar-refractivity contribution in [3.05, 3.63) is 107 Å². The first-order valence-corrected chi connectivity index (χ1v) is 11.9. The van der Waals surface area contributed by atoms with E-state index in [1.165, 1.54) is 5.56 Å². The number of aromatic nitrogens is 1. The van der Waals surface area contributed by atoms with Crippen LogP contribution >= 0.6 is 11.6 Å². The summed E-state index contributed by atoms with van der Waals surface area (Å²) in [6, 6.07) is 26.2. The molecule has 0 aliphatic rings. The highest BCUT2D eigenvalue weighted by molar-refractivity contribution is 6.30. The molecule has 0 saturated heterocycles. The molecule has 3 aromatic carbocycles. The van der Waals surface area contributed by atoms with Gasteiger partial charge in [-0.15, -0.1) is 0 Å². The van der Waals surface area contributed by atoms with Crippen LogP contribution in [0.3, 0.4) is 0 Å². The Bertz CT molecular complexity index is 1180. The quantitative estimate of drug-likeness (QED) is 0.285. The molecule has 1 unspecified atom stereocenters. The number of rotatable bonds is 10. The lowest BCUT2D eigenvalue weighted by Crippen LogP contribution is -2.23. The van der Waals surface area contributed by atoms with Crippen LogP contribution in [0.1, 0.15) is 40.7 Å². The van der Waals surface area contributed by atoms with Gasteiger partial charge in [-0.25, -0.2) is 0 Å². The van der Waals surface area contributed by atoms with Crippen molar-refractivity contribution in [2.24, 2.45) is 0 Å². The van der Waals surface area contributed by atoms with E-state index >= 15 is 0 Å². The third-order valence-corrected chi connectivity index (χ3v) is 6.22. The van der Waals surface area contributed by atoms with Crippen molar-refractivity contribution < 1.29 is 4.79 Å². The minimum Gasteiger partial charge on any atom is -0.348 e. The number of amides is 1. The Balaban J connectivity index is 1.33. The molecule has 0 saturated carbocycles. The van der Waals surface area contributed by atoms with Gasteiger partial charge >= 0.3 is 0 Å². The van der Waals surface area contributed by atoms with Crippen LogP contribution in [0, 0.1) is 0 Å². The van der Waals surface area contributed by atoms with Crippen molar-refractivity contribution in [3.8, 4) is 0 Å². The lowest BCUT2D eigenvalue weighted by Gasteiger charge is -2.13. The lowest BCUT2D eigenvalue weighted by atomic mass is 10.0. The maximum Gasteiger partial charge on any atom is 0.253 e. The predicted molar refractivity (Wildman–Crippen MR) is 137 cm³/mol. The molecule has 1 aromatic heterocycles. The average Bonchev–Trinajstić information content (AvgIpc) is 3.22. The smallest absolute Gasteiger partial charge is 0.253 e. The zero-order valence-electron chi connectivity index (χ0n) is 18.9. The van der Waals surface area contributed by atoms with Crippen molar-refractivity contribution in [3.63, 3.8) is 0 Å². The van der Waals surface area contributed by atoms with Crippen LogP contribution in [-0.2, 0) is 13.1 Å². The number of para-hydroxylation sites is 1. The van der Waals surface area contributed by atoms with Crippen molar-refractivity contribution in [2.45, 2.75) is 32.4 Å². The molecule has 0 radical (unpaired) electrons. The lowest BCUT2D eigenvalue weighted by molar-refractivity contribution is 0.0952. The Kier molecular flexibility index (Phi) is 7.82. The molecule has 0 fully saturated rings. The molecule has 0 spiro atoms. The van der Waals surface area contributed by atoms with Crippen LogP contribution in [0.4, 0.5) is 0 Å². The van der Waals surface area contributed by atoms with Gasteiger partial charge in [0.1, 0.15) is 0 Å². The fourth-order valence-electron chi connectivity index (χ4n) is 4.08. The molecule has 5 heteroatoms. The van der Waals surface area contributed by atoms with Crippen molar-refractivity contribution >= 4 is 28.4 Å². The molecule has 33 heavy (non-hydrogen) atoms. The SMILES string of the molecule is CC(CNCCCn1cc(C(=O)NCc2ccc(Cl)cc2)c2ccccc21)c1ccccc1. The monoisotopic (exact) mass is 459 g/mol. The normalized spacial score (nSPS) is 12.1. The molecule has 2 N–H and O–H groups in total. The Labute approximate surface area is 200 Å². The van der Waals surface area contributed by atoms with Gasteiger partial charge in [0.25, 0.3) is 5.91 Å². The summed E-state index contributed by atoms with van der Waals surface area (Å²) >= 11 is 5.95. The topological polar surface area (TPSA) is 46.1 Å². The molecule has 0 aliphatic heterocycles. The van der Waals surface area contributed by atoms with Gasteiger partial charge in [0.05, 0.1) is 5.56 Å². The van der Waals surface area contributed by atoms with E-state index in [0.717, 1.165) is 42.5 Å². The summed E-state index contributed by atoms with van der Waals surface area (Å²) in [6.45, 7) is 5.46. The molecule has 4 rings (SSSR count). The summed E-state index contributed by atoms with van der Waals surface area (Å²) in [5.74, 6) is 0.421. The van der Waals surface area contributed by atoms with Crippen molar-refractivity contribution in [1.29, 1.82) is 0 Å². The number of aryl methyl sites for hydroxylation is 1. The largest absolute Gasteiger partial charge is 0.348 e. The highest BCUT2D eigenvalue weighted by Gasteiger charge is 2.14. The standard InChI is InChI=1S/C28H30ClN3O/c1-21(23-8-3-2-4-9-23)18-30-16-7-17-32-20-26(25-10-5-6-11-27(25)32)28(33)31-19-22-12-14-24(29)15-13-22/h2-6,8-15,20-21,30H,7,16-19H2,1H3,(H,31,33). The van der Waals surface area contributed by atoms with Crippen LogP contribution in [0.25, 0.3) is 10.9 Å². The second kappa shape index (κ2) is 11.2. The van der Waals surface area contributed by atoms with Crippen LogP contribution < -0.4 is 10.6 Å². The molecule has 4 nitrogen and oxygen atoms in total. The van der Waals surface area contributed by atoms with Gasteiger partial charge in [0.2, 0.25) is 0 Å². The van der Waals surface area contributed by atoms with Crippen LogP contribution in [0.15, 0.2) is 85.1 Å². The molecular formula is C28H30ClN3O. The van der Waals surface area contributed by atoms with E-state index in [2.05, 4.69) is 58.5 Å². The number of hydrogen-bond acceptors (Lipinski definition) is 2. The van der Waals surface area contributed by atoms with E-state index in [1.54, 1.807) is 0 Å². The maximum absolute atomic E-state index is 12.9. The van der Waals surface area contributed by atoms with Gasteiger partial charge in [-0.2, -0.15) is 0 Å². The Morgan fingerprint density at radius 1 is 0.970 bits per heavy atom. The number of benzene rings is 3. The number of hydrogen-bond donors (Lipinski definition) is 2. The molecule has 1 heterocycles. The first-order valence-electron chi connectivity index (χ1n) is 11.5. The highest BCUT2D eigenvalue weighted by atomic mass is 35.5. The number of nitrogens with zero attached hydrogens (tertiary/aromatic N) is 1. The number of carbonyl (C=O) groups excluding carboxylic acids is 1. The fourth-order valence-corrected chi connectivity index (χ4v) is 4.21. The Hall–Kier alpha value is -3.08. The first kappa shape index (κ1) is 23.1. The first-order chi connectivity index (χ1) is 16.1. The van der Waals surface area contributed by atoms with Gasteiger partial charge < -0.3 is 15.2 Å². The average molecular weight is 460 g/mol. The van der Waals surface area contributed by atoms with E-state index < -0.39 is 0 Å². The van der Waals surface area contributed by atoms with E-state index in [0.29, 0.717) is 23.0 Å². The summed E-state index contributed by atoms with van der Waals surface area (Å²) in [5.41, 5.74) is 4.18. The summed E-state index contributed by atoms with van der Waals surface area (Å²) in [5, 5.41) is 8.28. The predicted octanol–water partition coefficient (Wildman–Crippen LogP) is 6.01. The molecule has 170 valence electrons. The maximum atomic E-state index is 12.9. The molecule has 1 amide bonds. The Morgan fingerprint density at radius 2 is 1.70 bits per heavy atom. The molecule has 0 bridgehead atoms. The third kappa shape index (κ3) is 6.04. The second-order valence-electron chi connectivity index (χ2n) is 8.43. The van der Waals surface area contributed by atoms with E-state index in [4.69, 9.17) is 11.6 Å². The minimum atomic E-state index is -0.0605. The molecule has 4 aromatic rings. The molecule has 0 aliphatic carbocycles. The van der Waals surface area contributed by atoms with E-state index in [-0.39, 0.29) is 5.91 Å². The van der Waals surface area contributed by atoms with Crippen molar-refractivity contribution in [2.75, 3.05) is 13.1 Å². The number of halogens is 1. The fraction of sp³-hybridized carbons (Fsp3) is 0.250. The van der Waals surface area contributed by atoms with Gasteiger partial charge in [0, 0.05) is 41.8 Å². The van der Waals surface area contributed by atoms with Crippen LogP contribution in [-0.4, -0.2) is 23.6 Å². The Morgan fingerprint density at radius 3 is 2.48 bits per heavy atom. The summed E-state index contributed by atoms with van der Waals surface area (Å²) in [6.07, 6.45) is 2.97. The zero-order valence-corrected chi connectivity index (χ0v) is 19.7. The summed E-state index contributed by atoms with van der Waals surface area (Å²) in [7, 11) is 0. The van der Waals surface area contributed by atoms with Gasteiger partial charge in [-0.1, -0.05) is 79.2 Å². The number of fused-ring (bicyclic) bond motifs is 1. The highest BCUT2D eigenvalue weighted by Crippen LogP contribution is 2.22. The molecular weight excluding hydrogens is 430 g/mol. The number of carbonyl (C=O) groups is 1. The zero-order chi connectivity index (χ0) is 23.0. The van der Waals surface area contributed by atoms with E-state index in [1.807, 2.05) is 48.7 Å². The third-order valence-electron chi connectivity index (χ3n) is 5.97. The van der Waals surface area contributed by atoms with Gasteiger partial charge in [-0.05, 0) is 48.2 Å². The van der Waals surface area contributed by atoms with Crippen LogP contribution in [0.2, 0.25) is 5.02 Å². The molecule has 1 atom stereocenters. The second-order valence-corrected chi connectivity index (χ2v) is 8.87. The van der Waals surface area contributed by atoms with Gasteiger partial charge in [0.15, 0.2) is 0 Å². The summed E-state index contributed by atoms with van der Waals surface area (Å²) < 4.78 is 2.19. The van der Waals surface area contributed by atoms with Gasteiger partial charge in [-0.3, -0.25) is 4.79 Å². The van der Waals surface area contributed by atoms with Crippen LogP contribution in [0.5, 0.6) is 0 Å². The number of nitrogens with one attached hydrogen (secondary N) is 2.